The summed E-state index contributed by atoms with van der Waals surface area (Å²) in [7, 11) is 0. The molecule has 2 rings (SSSR count). The van der Waals surface area contributed by atoms with E-state index in [4.69, 9.17) is 23.2 Å². The summed E-state index contributed by atoms with van der Waals surface area (Å²) < 4.78 is 13.3. The van der Waals surface area contributed by atoms with Gasteiger partial charge in [0.2, 0.25) is 0 Å². The Morgan fingerprint density at radius 1 is 1.00 bits per heavy atom. The summed E-state index contributed by atoms with van der Waals surface area (Å²) in [5.74, 6) is -0.291. The normalized spacial score (nSPS) is 10.6. The highest BCUT2D eigenvalue weighted by Gasteiger charge is 2.10. The van der Waals surface area contributed by atoms with Gasteiger partial charge in [-0.15, -0.1) is 0 Å². The van der Waals surface area contributed by atoms with Gasteiger partial charge in [-0.1, -0.05) is 45.2 Å². The smallest absolute Gasteiger partial charge is 0.123 e. The third-order valence-corrected chi connectivity index (χ3v) is 3.60. The fourth-order valence-corrected chi connectivity index (χ4v) is 2.50. The maximum atomic E-state index is 13.3. The molecule has 0 heterocycles. The summed E-state index contributed by atoms with van der Waals surface area (Å²) in [6, 6.07) is 9.79. The molecule has 2 aromatic rings. The van der Waals surface area contributed by atoms with Crippen molar-refractivity contribution >= 4 is 39.1 Å². The van der Waals surface area contributed by atoms with Gasteiger partial charge in [-0.25, -0.2) is 4.39 Å². The third-order valence-electron chi connectivity index (χ3n) is 2.43. The molecular weight excluding hydrogens is 326 g/mol. The number of benzene rings is 2. The quantitative estimate of drug-likeness (QED) is 0.619. The summed E-state index contributed by atoms with van der Waals surface area (Å²) in [4.78, 5) is 0. The van der Waals surface area contributed by atoms with Crippen molar-refractivity contribution in [3.05, 3.63) is 57.8 Å². The van der Waals surface area contributed by atoms with E-state index in [1.165, 1.54) is 12.1 Å². The topological polar surface area (TPSA) is 0 Å². The lowest BCUT2D eigenvalue weighted by Gasteiger charge is -2.10. The minimum Gasteiger partial charge on any atom is -0.207 e. The zero-order chi connectivity index (χ0) is 12.4. The van der Waals surface area contributed by atoms with Gasteiger partial charge in [0.1, 0.15) is 5.82 Å². The summed E-state index contributed by atoms with van der Waals surface area (Å²) >= 11 is 15.4. The van der Waals surface area contributed by atoms with Gasteiger partial charge in [-0.3, -0.25) is 0 Å². The molecule has 0 bridgehead atoms. The van der Waals surface area contributed by atoms with Gasteiger partial charge >= 0.3 is 0 Å². The molecule has 0 aliphatic rings. The van der Waals surface area contributed by atoms with E-state index in [1.807, 2.05) is 0 Å². The fourth-order valence-electron chi connectivity index (χ4n) is 1.62. The molecule has 0 N–H and O–H groups in total. The molecule has 0 fully saturated rings. The first-order valence-electron chi connectivity index (χ1n) is 4.91. The van der Waals surface area contributed by atoms with E-state index < -0.39 is 0 Å². The summed E-state index contributed by atoms with van der Waals surface area (Å²) in [5.41, 5.74) is 2.47. The molecule has 2 aromatic carbocycles. The van der Waals surface area contributed by atoms with E-state index in [0.717, 1.165) is 16.7 Å². The fraction of sp³-hybridized carbons (Fsp3) is 0.0769. The lowest BCUT2D eigenvalue weighted by molar-refractivity contribution is 0.628. The number of alkyl halides is 1. The molecular formula is C13H8BrCl2F. The Bertz CT molecular complexity index is 555. The molecule has 0 spiro atoms. The van der Waals surface area contributed by atoms with Crippen LogP contribution in [0.4, 0.5) is 4.39 Å². The molecule has 88 valence electrons. The van der Waals surface area contributed by atoms with Crippen molar-refractivity contribution in [1.82, 2.24) is 0 Å². The van der Waals surface area contributed by atoms with Crippen LogP contribution in [0.1, 0.15) is 5.56 Å². The maximum Gasteiger partial charge on any atom is 0.123 e. The van der Waals surface area contributed by atoms with Gasteiger partial charge in [0.25, 0.3) is 0 Å². The van der Waals surface area contributed by atoms with E-state index >= 15 is 0 Å². The Hall–Kier alpha value is -0.570. The van der Waals surface area contributed by atoms with Crippen LogP contribution in [-0.4, -0.2) is 0 Å². The van der Waals surface area contributed by atoms with Crippen LogP contribution >= 0.6 is 39.1 Å². The first kappa shape index (κ1) is 12.9. The number of halogens is 4. The number of hydrogen-bond donors (Lipinski definition) is 0. The molecule has 0 unspecified atom stereocenters. The first-order chi connectivity index (χ1) is 8.11. The molecule has 0 aliphatic carbocycles. The number of hydrogen-bond acceptors (Lipinski definition) is 0. The number of rotatable bonds is 2. The van der Waals surface area contributed by atoms with E-state index in [-0.39, 0.29) is 5.82 Å². The van der Waals surface area contributed by atoms with E-state index in [1.54, 1.807) is 24.3 Å². The Kier molecular flexibility index (Phi) is 4.08. The molecule has 0 radical (unpaired) electrons. The summed E-state index contributed by atoms with van der Waals surface area (Å²) in [5, 5.41) is 1.77. The molecule has 0 nitrogen and oxygen atoms in total. The molecule has 0 aromatic heterocycles. The Balaban J connectivity index is 2.66. The highest BCUT2D eigenvalue weighted by atomic mass is 79.9. The van der Waals surface area contributed by atoms with Crippen LogP contribution in [-0.2, 0) is 5.33 Å². The average Bonchev–Trinajstić information content (AvgIpc) is 2.32. The molecule has 0 atom stereocenters. The summed E-state index contributed by atoms with van der Waals surface area (Å²) in [6.07, 6.45) is 0. The van der Waals surface area contributed by atoms with Gasteiger partial charge in [0.15, 0.2) is 0 Å². The Morgan fingerprint density at radius 2 is 1.76 bits per heavy atom. The molecule has 0 saturated carbocycles. The minimum absolute atomic E-state index is 0.291. The van der Waals surface area contributed by atoms with Crippen molar-refractivity contribution in [3.63, 3.8) is 0 Å². The SMILES string of the molecule is Fc1ccc(CBr)c(-c2cc(Cl)ccc2Cl)c1. The average molecular weight is 334 g/mol. The van der Waals surface area contributed by atoms with Gasteiger partial charge in [-0.2, -0.15) is 0 Å². The van der Waals surface area contributed by atoms with E-state index in [2.05, 4.69) is 15.9 Å². The lowest BCUT2D eigenvalue weighted by Crippen LogP contribution is -1.89. The van der Waals surface area contributed by atoms with Crippen LogP contribution in [0.5, 0.6) is 0 Å². The zero-order valence-electron chi connectivity index (χ0n) is 8.68. The van der Waals surface area contributed by atoms with Crippen molar-refractivity contribution in [3.8, 4) is 11.1 Å². The standard InChI is InChI=1S/C13H8BrCl2F/c14-7-8-1-3-10(17)6-11(8)12-5-9(15)2-4-13(12)16/h1-6H,7H2. The molecule has 17 heavy (non-hydrogen) atoms. The second kappa shape index (κ2) is 5.38. The highest BCUT2D eigenvalue weighted by molar-refractivity contribution is 9.08. The minimum atomic E-state index is -0.291. The van der Waals surface area contributed by atoms with Crippen LogP contribution < -0.4 is 0 Å². The van der Waals surface area contributed by atoms with Crippen molar-refractivity contribution in [1.29, 1.82) is 0 Å². The second-order valence-electron chi connectivity index (χ2n) is 3.56. The monoisotopic (exact) mass is 332 g/mol. The third kappa shape index (κ3) is 2.82. The summed E-state index contributed by atoms with van der Waals surface area (Å²) in [6.45, 7) is 0. The molecule has 0 aliphatic heterocycles. The van der Waals surface area contributed by atoms with Crippen LogP contribution in [0.2, 0.25) is 10.0 Å². The van der Waals surface area contributed by atoms with Gasteiger partial charge in [-0.05, 0) is 41.5 Å². The van der Waals surface area contributed by atoms with E-state index in [0.29, 0.717) is 15.4 Å². The van der Waals surface area contributed by atoms with Crippen molar-refractivity contribution < 1.29 is 4.39 Å². The van der Waals surface area contributed by atoms with E-state index in [9.17, 15) is 4.39 Å². The van der Waals surface area contributed by atoms with Gasteiger partial charge in [0.05, 0.1) is 0 Å². The Morgan fingerprint density at radius 3 is 2.47 bits per heavy atom. The Labute approximate surface area is 117 Å². The molecule has 0 saturated heterocycles. The largest absolute Gasteiger partial charge is 0.207 e. The molecule has 4 heteroatoms. The zero-order valence-corrected chi connectivity index (χ0v) is 11.8. The highest BCUT2D eigenvalue weighted by Crippen LogP contribution is 2.34. The maximum absolute atomic E-state index is 13.3. The predicted molar refractivity (Wildman–Crippen MR) is 74.5 cm³/mol. The second-order valence-corrected chi connectivity index (χ2v) is 4.96. The van der Waals surface area contributed by atoms with Crippen molar-refractivity contribution in [2.75, 3.05) is 0 Å². The molecule has 0 amide bonds. The van der Waals surface area contributed by atoms with Crippen molar-refractivity contribution in [2.24, 2.45) is 0 Å². The van der Waals surface area contributed by atoms with Crippen LogP contribution in [0.15, 0.2) is 36.4 Å². The lowest BCUT2D eigenvalue weighted by atomic mass is 10.0. The first-order valence-corrected chi connectivity index (χ1v) is 6.79. The van der Waals surface area contributed by atoms with Gasteiger partial charge in [0, 0.05) is 20.9 Å². The van der Waals surface area contributed by atoms with Crippen molar-refractivity contribution in [2.45, 2.75) is 5.33 Å². The predicted octanol–water partition coefficient (Wildman–Crippen LogP) is 5.69. The van der Waals surface area contributed by atoms with Crippen LogP contribution in [0, 0.1) is 5.82 Å². The van der Waals surface area contributed by atoms with Crippen LogP contribution in [0.3, 0.4) is 0 Å². The van der Waals surface area contributed by atoms with Gasteiger partial charge < -0.3 is 0 Å². The van der Waals surface area contributed by atoms with Crippen LogP contribution in [0.25, 0.3) is 11.1 Å².